The summed E-state index contributed by atoms with van der Waals surface area (Å²) in [6.45, 7) is 1.47. The Bertz CT molecular complexity index is 392. The van der Waals surface area contributed by atoms with Crippen LogP contribution in [0.4, 0.5) is 4.39 Å². The second-order valence-corrected chi connectivity index (χ2v) is 5.92. The Balaban J connectivity index is 1.67. The quantitative estimate of drug-likeness (QED) is 0.643. The fraction of sp³-hybridized carbons (Fsp3) is 0.600. The molecule has 0 radical (unpaired) electrons. The van der Waals surface area contributed by atoms with Gasteiger partial charge in [-0.15, -0.1) is 0 Å². The first-order valence-electron chi connectivity index (χ1n) is 7.07. The molecule has 1 aromatic carbocycles. The molecule has 0 atom stereocenters. The van der Waals surface area contributed by atoms with E-state index in [9.17, 15) is 4.39 Å². The first-order valence-corrected chi connectivity index (χ1v) is 7.86. The molecule has 1 aliphatic carbocycles. The van der Waals surface area contributed by atoms with E-state index in [4.69, 9.17) is 4.74 Å². The molecular formula is C15H21BrFNO. The Labute approximate surface area is 122 Å². The number of nitrogens with one attached hydrogen (secondary N) is 1. The van der Waals surface area contributed by atoms with E-state index in [1.165, 1.54) is 44.6 Å². The van der Waals surface area contributed by atoms with Crippen LogP contribution in [0.25, 0.3) is 0 Å². The molecule has 0 amide bonds. The molecule has 1 aliphatic rings. The summed E-state index contributed by atoms with van der Waals surface area (Å²) >= 11 is 3.16. The Kier molecular flexibility index (Phi) is 6.11. The summed E-state index contributed by atoms with van der Waals surface area (Å²) in [5, 5.41) is 3.55. The molecule has 2 nitrogen and oxygen atoms in total. The molecule has 0 unspecified atom stereocenters. The van der Waals surface area contributed by atoms with Crippen molar-refractivity contribution in [2.45, 2.75) is 44.6 Å². The molecule has 0 aliphatic heterocycles. The van der Waals surface area contributed by atoms with Crippen LogP contribution in [-0.4, -0.2) is 19.2 Å². The first-order chi connectivity index (χ1) is 9.25. The van der Waals surface area contributed by atoms with Crippen molar-refractivity contribution in [2.75, 3.05) is 13.2 Å². The molecule has 106 valence electrons. The van der Waals surface area contributed by atoms with E-state index in [-0.39, 0.29) is 5.82 Å². The van der Waals surface area contributed by atoms with E-state index in [0.29, 0.717) is 22.9 Å². The summed E-state index contributed by atoms with van der Waals surface area (Å²) in [7, 11) is 0. The Morgan fingerprint density at radius 3 is 2.63 bits per heavy atom. The van der Waals surface area contributed by atoms with E-state index in [0.717, 1.165) is 6.54 Å². The Morgan fingerprint density at radius 2 is 1.95 bits per heavy atom. The van der Waals surface area contributed by atoms with Crippen LogP contribution < -0.4 is 10.1 Å². The maximum Gasteiger partial charge on any atom is 0.137 e. The van der Waals surface area contributed by atoms with Gasteiger partial charge in [0.15, 0.2) is 0 Å². The third-order valence-electron chi connectivity index (χ3n) is 3.55. The molecule has 1 fully saturated rings. The lowest BCUT2D eigenvalue weighted by Gasteiger charge is -2.16. The average Bonchev–Trinajstić information content (AvgIpc) is 2.67. The van der Waals surface area contributed by atoms with Gasteiger partial charge in [-0.25, -0.2) is 4.39 Å². The first kappa shape index (κ1) is 14.8. The second-order valence-electron chi connectivity index (χ2n) is 5.07. The molecule has 2 rings (SSSR count). The number of benzene rings is 1. The molecule has 0 spiro atoms. The fourth-order valence-corrected chi connectivity index (χ4v) is 2.84. The van der Waals surface area contributed by atoms with Gasteiger partial charge in [0.25, 0.3) is 0 Å². The van der Waals surface area contributed by atoms with Crippen molar-refractivity contribution < 1.29 is 9.13 Å². The maximum atomic E-state index is 13.1. The molecule has 0 saturated heterocycles. The summed E-state index contributed by atoms with van der Waals surface area (Å²) < 4.78 is 19.1. The minimum absolute atomic E-state index is 0.260. The van der Waals surface area contributed by atoms with Gasteiger partial charge >= 0.3 is 0 Å². The van der Waals surface area contributed by atoms with Crippen LogP contribution in [0.5, 0.6) is 5.75 Å². The molecule has 4 heteroatoms. The van der Waals surface area contributed by atoms with Crippen molar-refractivity contribution in [2.24, 2.45) is 0 Å². The Morgan fingerprint density at radius 1 is 1.21 bits per heavy atom. The minimum Gasteiger partial charge on any atom is -0.492 e. The number of rotatable bonds is 5. The van der Waals surface area contributed by atoms with Gasteiger partial charge in [-0.2, -0.15) is 0 Å². The summed E-state index contributed by atoms with van der Waals surface area (Å²) in [4.78, 5) is 0. The fourth-order valence-electron chi connectivity index (χ4n) is 2.48. The molecule has 0 bridgehead atoms. The highest BCUT2D eigenvalue weighted by molar-refractivity contribution is 9.10. The van der Waals surface area contributed by atoms with Gasteiger partial charge in [-0.1, -0.05) is 25.7 Å². The van der Waals surface area contributed by atoms with Crippen LogP contribution in [0.1, 0.15) is 38.5 Å². The van der Waals surface area contributed by atoms with Gasteiger partial charge in [0.1, 0.15) is 18.2 Å². The topological polar surface area (TPSA) is 21.3 Å². The summed E-state index contributed by atoms with van der Waals surface area (Å²) in [6, 6.07) is 5.39. The lowest BCUT2D eigenvalue weighted by molar-refractivity contribution is 0.300. The lowest BCUT2D eigenvalue weighted by Crippen LogP contribution is -2.32. The van der Waals surface area contributed by atoms with E-state index >= 15 is 0 Å². The van der Waals surface area contributed by atoms with Crippen molar-refractivity contribution in [3.8, 4) is 5.75 Å². The van der Waals surface area contributed by atoms with Crippen molar-refractivity contribution in [1.29, 1.82) is 0 Å². The summed E-state index contributed by atoms with van der Waals surface area (Å²) in [5.74, 6) is 0.444. The third kappa shape index (κ3) is 5.11. The number of hydrogen-bond acceptors (Lipinski definition) is 2. The highest BCUT2D eigenvalue weighted by atomic mass is 79.9. The van der Waals surface area contributed by atoms with Crippen LogP contribution in [0.15, 0.2) is 22.7 Å². The van der Waals surface area contributed by atoms with Gasteiger partial charge < -0.3 is 10.1 Å². The van der Waals surface area contributed by atoms with Crippen LogP contribution in [-0.2, 0) is 0 Å². The van der Waals surface area contributed by atoms with Crippen molar-refractivity contribution >= 4 is 15.9 Å². The lowest BCUT2D eigenvalue weighted by atomic mass is 10.1. The minimum atomic E-state index is -0.260. The zero-order valence-electron chi connectivity index (χ0n) is 11.1. The summed E-state index contributed by atoms with van der Waals surface area (Å²) in [5.41, 5.74) is 0. The zero-order valence-corrected chi connectivity index (χ0v) is 12.7. The molecule has 0 aromatic heterocycles. The SMILES string of the molecule is Fc1ccc(OCCNC2CCCCCC2)cc1Br. The van der Waals surface area contributed by atoms with Crippen molar-refractivity contribution in [3.05, 3.63) is 28.5 Å². The number of ether oxygens (including phenoxy) is 1. The third-order valence-corrected chi connectivity index (χ3v) is 4.16. The van der Waals surface area contributed by atoms with Crippen molar-refractivity contribution in [1.82, 2.24) is 5.32 Å². The highest BCUT2D eigenvalue weighted by Gasteiger charge is 2.10. The number of halogens is 2. The van der Waals surface area contributed by atoms with Gasteiger partial charge in [0.05, 0.1) is 4.47 Å². The van der Waals surface area contributed by atoms with Gasteiger partial charge in [0.2, 0.25) is 0 Å². The predicted octanol–water partition coefficient (Wildman–Crippen LogP) is 4.28. The van der Waals surface area contributed by atoms with Crippen LogP contribution in [0.2, 0.25) is 0 Å². The zero-order chi connectivity index (χ0) is 13.5. The van der Waals surface area contributed by atoms with E-state index in [1.54, 1.807) is 12.1 Å². The van der Waals surface area contributed by atoms with Crippen LogP contribution >= 0.6 is 15.9 Å². The number of hydrogen-bond donors (Lipinski definition) is 1. The summed E-state index contributed by atoms with van der Waals surface area (Å²) in [6.07, 6.45) is 7.98. The largest absolute Gasteiger partial charge is 0.492 e. The molecular weight excluding hydrogens is 309 g/mol. The molecule has 1 aromatic rings. The van der Waals surface area contributed by atoms with E-state index in [1.807, 2.05) is 0 Å². The Hall–Kier alpha value is -0.610. The van der Waals surface area contributed by atoms with E-state index in [2.05, 4.69) is 21.2 Å². The van der Waals surface area contributed by atoms with Crippen molar-refractivity contribution in [3.63, 3.8) is 0 Å². The van der Waals surface area contributed by atoms with E-state index < -0.39 is 0 Å². The molecule has 1 saturated carbocycles. The maximum absolute atomic E-state index is 13.1. The van der Waals surface area contributed by atoms with Crippen LogP contribution in [0, 0.1) is 5.82 Å². The van der Waals surface area contributed by atoms with Gasteiger partial charge in [-0.3, -0.25) is 0 Å². The normalized spacial score (nSPS) is 17.2. The standard InChI is InChI=1S/C15H21BrFNO/c16-14-11-13(7-8-15(14)17)19-10-9-18-12-5-3-1-2-4-6-12/h7-8,11-12,18H,1-6,9-10H2. The van der Waals surface area contributed by atoms with Gasteiger partial charge in [0, 0.05) is 12.6 Å². The highest BCUT2D eigenvalue weighted by Crippen LogP contribution is 2.21. The molecule has 0 heterocycles. The molecule has 19 heavy (non-hydrogen) atoms. The monoisotopic (exact) mass is 329 g/mol. The van der Waals surface area contributed by atoms with Crippen LogP contribution in [0.3, 0.4) is 0 Å². The molecule has 1 N–H and O–H groups in total. The second kappa shape index (κ2) is 7.85. The predicted molar refractivity (Wildman–Crippen MR) is 79.1 cm³/mol. The van der Waals surface area contributed by atoms with Gasteiger partial charge in [-0.05, 0) is 47.0 Å². The smallest absolute Gasteiger partial charge is 0.137 e. The average molecular weight is 330 g/mol.